The van der Waals surface area contributed by atoms with Crippen LogP contribution in [0, 0.1) is 13.8 Å². The molecule has 254 valence electrons. The van der Waals surface area contributed by atoms with E-state index in [1.807, 2.05) is 0 Å². The molecule has 53 heavy (non-hydrogen) atoms. The van der Waals surface area contributed by atoms with Crippen LogP contribution < -0.4 is 10.4 Å². The lowest BCUT2D eigenvalue weighted by Gasteiger charge is -2.34. The molecule has 1 heteroatoms. The zero-order chi connectivity index (χ0) is 35.8. The van der Waals surface area contributed by atoms with Crippen molar-refractivity contribution in [2.45, 2.75) is 39.8 Å². The number of hydrogen-bond donors (Lipinski definition) is 0. The summed E-state index contributed by atoms with van der Waals surface area (Å²) in [6.07, 6.45) is 0. The van der Waals surface area contributed by atoms with E-state index in [1.54, 1.807) is 10.4 Å². The highest BCUT2D eigenvalue weighted by Gasteiger charge is 2.37. The number of hydrogen-bond acceptors (Lipinski definition) is 0. The van der Waals surface area contributed by atoms with Crippen LogP contribution >= 0.6 is 0 Å². The van der Waals surface area contributed by atoms with Crippen LogP contribution in [0.2, 0.25) is 12.1 Å². The third kappa shape index (κ3) is 4.67. The van der Waals surface area contributed by atoms with Gasteiger partial charge < -0.3 is 0 Å². The van der Waals surface area contributed by atoms with Crippen LogP contribution in [0.15, 0.2) is 158 Å². The van der Waals surface area contributed by atoms with Gasteiger partial charge in [0.25, 0.3) is 0 Å². The molecule has 0 N–H and O–H groups in total. The zero-order valence-electron chi connectivity index (χ0n) is 30.9. The normalized spacial score (nSPS) is 12.3. The minimum absolute atomic E-state index is 1.17. The third-order valence-electron chi connectivity index (χ3n) is 12.6. The maximum absolute atomic E-state index is 2.60. The molecule has 0 amide bonds. The van der Waals surface area contributed by atoms with Gasteiger partial charge in [0.05, 0.1) is 0 Å². The maximum Gasteiger partial charge on any atom is 0.118 e. The van der Waals surface area contributed by atoms with Gasteiger partial charge in [0, 0.05) is 0 Å². The Morgan fingerprint density at radius 3 is 1.57 bits per heavy atom. The second kappa shape index (κ2) is 12.2. The van der Waals surface area contributed by atoms with E-state index in [0.717, 1.165) is 0 Å². The van der Waals surface area contributed by atoms with Crippen molar-refractivity contribution in [3.05, 3.63) is 169 Å². The van der Waals surface area contributed by atoms with Crippen molar-refractivity contribution in [3.63, 3.8) is 0 Å². The second-order valence-corrected chi connectivity index (χ2v) is 19.8. The van der Waals surface area contributed by atoms with Crippen molar-refractivity contribution < 1.29 is 0 Å². The highest BCUT2D eigenvalue weighted by Crippen LogP contribution is 2.45. The first-order chi connectivity index (χ1) is 26.0. The molecule has 0 aliphatic carbocycles. The smallest absolute Gasteiger partial charge is 0.0672 e. The molecule has 10 rings (SSSR count). The summed E-state index contributed by atoms with van der Waals surface area (Å²) in [5, 5.41) is 19.2. The van der Waals surface area contributed by atoms with Crippen LogP contribution in [-0.4, -0.2) is 8.07 Å². The van der Waals surface area contributed by atoms with Gasteiger partial charge >= 0.3 is 0 Å². The van der Waals surface area contributed by atoms with E-state index in [9.17, 15) is 0 Å². The fourth-order valence-corrected chi connectivity index (χ4v) is 14.7. The molecule has 0 aliphatic rings. The SMILES string of the molecule is CC[Si](CC)(c1cc(C)c(-c2c3ccccc3c(-c3ccc4ccccc4c3)c3ccccc23)cc1C)c1ccc2ccc3cccc4ccc1c2c34. The Labute approximate surface area is 312 Å². The van der Waals surface area contributed by atoms with Gasteiger partial charge in [-0.1, -0.05) is 188 Å². The van der Waals surface area contributed by atoms with E-state index < -0.39 is 8.07 Å². The first-order valence-electron chi connectivity index (χ1n) is 19.2. The molecule has 0 aliphatic heterocycles. The fraction of sp³-hybridized carbons (Fsp3) is 0.115. The largest absolute Gasteiger partial charge is 0.118 e. The molecule has 10 aromatic rings. The van der Waals surface area contributed by atoms with Crippen molar-refractivity contribution in [2.24, 2.45) is 0 Å². The maximum atomic E-state index is 2.60. The van der Waals surface area contributed by atoms with Gasteiger partial charge in [-0.15, -0.1) is 0 Å². The van der Waals surface area contributed by atoms with Gasteiger partial charge in [0.15, 0.2) is 0 Å². The molecule has 0 nitrogen and oxygen atoms in total. The molecule has 0 unspecified atom stereocenters. The molecule has 0 atom stereocenters. The van der Waals surface area contributed by atoms with Crippen LogP contribution in [0.25, 0.3) is 86.9 Å². The summed E-state index contributed by atoms with van der Waals surface area (Å²) >= 11 is 0. The lowest BCUT2D eigenvalue weighted by Crippen LogP contribution is -2.58. The Kier molecular flexibility index (Phi) is 7.32. The van der Waals surface area contributed by atoms with Crippen LogP contribution in [-0.2, 0) is 0 Å². The zero-order valence-corrected chi connectivity index (χ0v) is 31.9. The predicted molar refractivity (Wildman–Crippen MR) is 235 cm³/mol. The molecule has 0 spiro atoms. The Morgan fingerprint density at radius 2 is 0.906 bits per heavy atom. The molecule has 0 heterocycles. The Balaban J connectivity index is 1.21. The molecule has 0 saturated carbocycles. The van der Waals surface area contributed by atoms with Crippen LogP contribution in [0.5, 0.6) is 0 Å². The van der Waals surface area contributed by atoms with Gasteiger partial charge in [0.2, 0.25) is 0 Å². The van der Waals surface area contributed by atoms with E-state index in [1.165, 1.54) is 110 Å². The quantitative estimate of drug-likeness (QED) is 0.0923. The summed E-state index contributed by atoms with van der Waals surface area (Å²) < 4.78 is 0. The number of benzene rings is 10. The van der Waals surface area contributed by atoms with E-state index in [4.69, 9.17) is 0 Å². The van der Waals surface area contributed by atoms with E-state index in [-0.39, 0.29) is 0 Å². The van der Waals surface area contributed by atoms with Crippen molar-refractivity contribution in [1.29, 1.82) is 0 Å². The highest BCUT2D eigenvalue weighted by molar-refractivity contribution is 7.03. The first kappa shape index (κ1) is 31.9. The fourth-order valence-electron chi connectivity index (χ4n) is 9.99. The number of fused-ring (bicyclic) bond motifs is 3. The van der Waals surface area contributed by atoms with Crippen molar-refractivity contribution >= 4 is 83.1 Å². The second-order valence-electron chi connectivity index (χ2n) is 15.1. The van der Waals surface area contributed by atoms with Gasteiger partial charge in [-0.3, -0.25) is 0 Å². The van der Waals surface area contributed by atoms with E-state index in [2.05, 4.69) is 185 Å². The minimum Gasteiger partial charge on any atom is -0.0672 e. The molecule has 0 aromatic heterocycles. The van der Waals surface area contributed by atoms with Gasteiger partial charge in [-0.25, -0.2) is 0 Å². The number of aryl methyl sites for hydroxylation is 2. The summed E-state index contributed by atoms with van der Waals surface area (Å²) in [6, 6.07) is 62.3. The highest BCUT2D eigenvalue weighted by atomic mass is 28.3. The summed E-state index contributed by atoms with van der Waals surface area (Å²) in [6.45, 7) is 9.63. The minimum atomic E-state index is -2.17. The summed E-state index contributed by atoms with van der Waals surface area (Å²) in [5.74, 6) is 0. The van der Waals surface area contributed by atoms with Crippen LogP contribution in [0.4, 0.5) is 0 Å². The molecular formula is C52H42Si. The number of rotatable bonds is 6. The summed E-state index contributed by atoms with van der Waals surface area (Å²) in [7, 11) is -2.17. The van der Waals surface area contributed by atoms with Crippen molar-refractivity contribution in [1.82, 2.24) is 0 Å². The summed E-state index contributed by atoms with van der Waals surface area (Å²) in [4.78, 5) is 0. The average molecular weight is 695 g/mol. The third-order valence-corrected chi connectivity index (χ3v) is 18.0. The van der Waals surface area contributed by atoms with Crippen LogP contribution in [0.3, 0.4) is 0 Å². The van der Waals surface area contributed by atoms with Crippen molar-refractivity contribution in [3.8, 4) is 22.3 Å². The predicted octanol–water partition coefficient (Wildman–Crippen LogP) is 13.6. The Hall–Kier alpha value is -5.76. The van der Waals surface area contributed by atoms with E-state index >= 15 is 0 Å². The average Bonchev–Trinajstić information content (AvgIpc) is 3.21. The summed E-state index contributed by atoms with van der Waals surface area (Å²) in [5.41, 5.74) is 8.04. The Morgan fingerprint density at radius 1 is 0.377 bits per heavy atom. The van der Waals surface area contributed by atoms with Gasteiger partial charge in [-0.2, -0.15) is 0 Å². The molecule has 0 fully saturated rings. The molecule has 0 radical (unpaired) electrons. The van der Waals surface area contributed by atoms with E-state index in [0.29, 0.717) is 0 Å². The molecule has 0 bridgehead atoms. The Bertz CT molecular complexity index is 2980. The first-order valence-corrected chi connectivity index (χ1v) is 21.6. The molecule has 10 aromatic carbocycles. The molecular weight excluding hydrogens is 653 g/mol. The monoisotopic (exact) mass is 694 g/mol. The van der Waals surface area contributed by atoms with Gasteiger partial charge in [0.1, 0.15) is 8.07 Å². The van der Waals surface area contributed by atoms with Crippen molar-refractivity contribution in [2.75, 3.05) is 0 Å². The molecule has 0 saturated heterocycles. The topological polar surface area (TPSA) is 0 Å². The lowest BCUT2D eigenvalue weighted by molar-refractivity contribution is 1.28. The standard InChI is InChI=1S/C52H42Si/c1-5-53(6-2,47-29-27-38-24-23-36-16-13-17-37-26-28-45(47)51(38)49(36)37)48-31-33(3)46(30-34(48)4)52-43-20-11-9-18-41(43)50(42-19-10-12-21-44(42)52)40-25-22-35-14-7-8-15-39(35)32-40/h7-32H,5-6H2,1-4H3. The van der Waals surface area contributed by atoms with Gasteiger partial charge in [-0.05, 0) is 118 Å². The lowest BCUT2D eigenvalue weighted by atomic mass is 9.84. The van der Waals surface area contributed by atoms with Crippen LogP contribution in [0.1, 0.15) is 25.0 Å².